The molecule has 0 saturated carbocycles. The molecule has 0 saturated heterocycles. The number of carbonyl (C=O) groups excluding carboxylic acids is 1. The SMILES string of the molecule is CC(C)(C)NC(=O)c1ccnc([O])n1. The van der Waals surface area contributed by atoms with Gasteiger partial charge in [0, 0.05) is 11.7 Å². The van der Waals surface area contributed by atoms with E-state index in [1.54, 1.807) is 0 Å². The minimum Gasteiger partial charge on any atom is -0.346 e. The number of nitrogens with one attached hydrogen (secondary N) is 1. The summed E-state index contributed by atoms with van der Waals surface area (Å²) in [6.07, 6.45) is 1.27. The molecule has 0 bridgehead atoms. The lowest BCUT2D eigenvalue weighted by atomic mass is 10.1. The third-order valence-electron chi connectivity index (χ3n) is 1.35. The summed E-state index contributed by atoms with van der Waals surface area (Å²) in [4.78, 5) is 18.3. The summed E-state index contributed by atoms with van der Waals surface area (Å²) >= 11 is 0. The van der Waals surface area contributed by atoms with Crippen molar-refractivity contribution in [3.8, 4) is 6.01 Å². The molecule has 1 aromatic heterocycles. The van der Waals surface area contributed by atoms with Gasteiger partial charge in [-0.1, -0.05) is 0 Å². The topological polar surface area (TPSA) is 74.8 Å². The maximum atomic E-state index is 11.5. The molecular formula is C9H12N3O2. The molecule has 1 aromatic rings. The highest BCUT2D eigenvalue weighted by Crippen LogP contribution is 2.04. The molecule has 1 rings (SSSR count). The molecule has 0 aliphatic carbocycles. The highest BCUT2D eigenvalue weighted by Gasteiger charge is 2.16. The summed E-state index contributed by atoms with van der Waals surface area (Å²) < 4.78 is 0. The van der Waals surface area contributed by atoms with Crippen molar-refractivity contribution in [2.75, 3.05) is 0 Å². The van der Waals surface area contributed by atoms with Gasteiger partial charge in [-0.05, 0) is 26.8 Å². The van der Waals surface area contributed by atoms with Crippen LogP contribution in [0.4, 0.5) is 0 Å². The predicted octanol–water partition coefficient (Wildman–Crippen LogP) is 1.15. The summed E-state index contributed by atoms with van der Waals surface area (Å²) in [5, 5.41) is 13.5. The minimum atomic E-state index is -0.647. The first-order valence-corrected chi connectivity index (χ1v) is 4.21. The molecule has 14 heavy (non-hydrogen) atoms. The average molecular weight is 194 g/mol. The molecular weight excluding hydrogens is 182 g/mol. The van der Waals surface area contributed by atoms with E-state index in [0.717, 1.165) is 0 Å². The van der Waals surface area contributed by atoms with Crippen molar-refractivity contribution in [2.45, 2.75) is 26.3 Å². The van der Waals surface area contributed by atoms with Crippen molar-refractivity contribution in [1.82, 2.24) is 15.3 Å². The number of hydrogen-bond acceptors (Lipinski definition) is 3. The van der Waals surface area contributed by atoms with Crippen molar-refractivity contribution in [2.24, 2.45) is 0 Å². The lowest BCUT2D eigenvalue weighted by Crippen LogP contribution is -2.40. The smallest absolute Gasteiger partial charge is 0.346 e. The molecule has 0 unspecified atom stereocenters. The Kier molecular flexibility index (Phi) is 2.69. The molecule has 0 atom stereocenters. The van der Waals surface area contributed by atoms with Crippen LogP contribution in [0.25, 0.3) is 0 Å². The number of hydrogen-bond donors (Lipinski definition) is 1. The first-order chi connectivity index (χ1) is 6.38. The second kappa shape index (κ2) is 3.61. The van der Waals surface area contributed by atoms with Crippen LogP contribution in [0.5, 0.6) is 6.01 Å². The average Bonchev–Trinajstić information content (AvgIpc) is 2.01. The van der Waals surface area contributed by atoms with Crippen LogP contribution in [0, 0.1) is 0 Å². The van der Waals surface area contributed by atoms with Gasteiger partial charge in [0.05, 0.1) is 0 Å². The van der Waals surface area contributed by atoms with E-state index in [-0.39, 0.29) is 17.1 Å². The summed E-state index contributed by atoms with van der Waals surface area (Å²) in [7, 11) is 0. The Labute approximate surface area is 82.2 Å². The van der Waals surface area contributed by atoms with Gasteiger partial charge in [-0.25, -0.2) is 10.1 Å². The van der Waals surface area contributed by atoms with Crippen LogP contribution in [0.3, 0.4) is 0 Å². The van der Waals surface area contributed by atoms with Gasteiger partial charge in [-0.2, -0.15) is 4.98 Å². The maximum Gasteiger partial charge on any atom is 0.367 e. The van der Waals surface area contributed by atoms with Gasteiger partial charge < -0.3 is 5.32 Å². The standard InChI is InChI=1S/C9H12N3O2/c1-9(2,3)12-7(13)6-4-5-10-8(14)11-6/h4-5H,1-3H3,(H,12,13). The zero-order valence-corrected chi connectivity index (χ0v) is 8.37. The summed E-state index contributed by atoms with van der Waals surface area (Å²) in [5.41, 5.74) is -0.245. The van der Waals surface area contributed by atoms with E-state index in [1.165, 1.54) is 12.3 Å². The highest BCUT2D eigenvalue weighted by molar-refractivity contribution is 5.92. The summed E-state index contributed by atoms with van der Waals surface area (Å²) in [5.74, 6) is -0.364. The van der Waals surface area contributed by atoms with Crippen LogP contribution in [0.1, 0.15) is 31.3 Å². The zero-order valence-electron chi connectivity index (χ0n) is 8.37. The fourth-order valence-corrected chi connectivity index (χ4v) is 0.872. The van der Waals surface area contributed by atoms with Gasteiger partial charge in [-0.15, -0.1) is 0 Å². The van der Waals surface area contributed by atoms with Crippen LogP contribution in [0.15, 0.2) is 12.3 Å². The van der Waals surface area contributed by atoms with Gasteiger partial charge >= 0.3 is 6.01 Å². The third-order valence-corrected chi connectivity index (χ3v) is 1.35. The molecule has 0 aliphatic heterocycles. The Balaban J connectivity index is 2.80. The van der Waals surface area contributed by atoms with E-state index in [1.807, 2.05) is 20.8 Å². The van der Waals surface area contributed by atoms with Crippen molar-refractivity contribution in [3.05, 3.63) is 18.0 Å². The molecule has 1 amide bonds. The molecule has 0 spiro atoms. The molecule has 5 heteroatoms. The number of aromatic nitrogens is 2. The highest BCUT2D eigenvalue weighted by atomic mass is 16.3. The lowest BCUT2D eigenvalue weighted by molar-refractivity contribution is 0.0912. The molecule has 0 aliphatic rings. The first-order valence-electron chi connectivity index (χ1n) is 4.21. The largest absolute Gasteiger partial charge is 0.367 e. The van der Waals surface area contributed by atoms with Crippen LogP contribution in [0.2, 0.25) is 0 Å². The minimum absolute atomic E-state index is 0.0972. The Morgan fingerprint density at radius 1 is 1.43 bits per heavy atom. The van der Waals surface area contributed by atoms with Crippen LogP contribution < -0.4 is 5.32 Å². The number of amides is 1. The number of rotatable bonds is 1. The summed E-state index contributed by atoms with van der Waals surface area (Å²) in [6, 6.07) is 0.759. The summed E-state index contributed by atoms with van der Waals surface area (Å²) in [6.45, 7) is 5.55. The van der Waals surface area contributed by atoms with Crippen molar-refractivity contribution in [3.63, 3.8) is 0 Å². The van der Waals surface area contributed by atoms with Gasteiger partial charge in [0.1, 0.15) is 5.69 Å². The van der Waals surface area contributed by atoms with E-state index in [4.69, 9.17) is 0 Å². The maximum absolute atomic E-state index is 11.5. The normalized spacial score (nSPS) is 11.1. The van der Waals surface area contributed by atoms with Gasteiger partial charge in [0.25, 0.3) is 5.91 Å². The second-order valence-corrected chi connectivity index (χ2v) is 3.93. The first kappa shape index (κ1) is 10.4. The Hall–Kier alpha value is -1.65. The van der Waals surface area contributed by atoms with Gasteiger partial charge in [0.15, 0.2) is 0 Å². The van der Waals surface area contributed by atoms with Crippen molar-refractivity contribution < 1.29 is 9.90 Å². The molecule has 0 aromatic carbocycles. The molecule has 5 nitrogen and oxygen atoms in total. The van der Waals surface area contributed by atoms with Crippen LogP contribution in [-0.4, -0.2) is 21.4 Å². The zero-order chi connectivity index (χ0) is 10.8. The van der Waals surface area contributed by atoms with Crippen molar-refractivity contribution in [1.29, 1.82) is 0 Å². The van der Waals surface area contributed by atoms with Crippen LogP contribution in [-0.2, 0) is 5.11 Å². The van der Waals surface area contributed by atoms with E-state index in [0.29, 0.717) is 0 Å². The van der Waals surface area contributed by atoms with E-state index in [9.17, 15) is 9.90 Å². The van der Waals surface area contributed by atoms with Gasteiger partial charge in [0.2, 0.25) is 0 Å². The second-order valence-electron chi connectivity index (χ2n) is 3.93. The fraction of sp³-hybridized carbons (Fsp3) is 0.444. The van der Waals surface area contributed by atoms with E-state index in [2.05, 4.69) is 15.3 Å². The number of nitrogens with zero attached hydrogens (tertiary/aromatic N) is 2. The Morgan fingerprint density at radius 2 is 2.07 bits per heavy atom. The Morgan fingerprint density at radius 3 is 2.57 bits per heavy atom. The van der Waals surface area contributed by atoms with E-state index < -0.39 is 6.01 Å². The molecule has 75 valence electrons. The Bertz CT molecular complexity index is 344. The fourth-order valence-electron chi connectivity index (χ4n) is 0.872. The molecule has 1 N–H and O–H groups in total. The lowest BCUT2D eigenvalue weighted by Gasteiger charge is -2.19. The predicted molar refractivity (Wildman–Crippen MR) is 49.4 cm³/mol. The monoisotopic (exact) mass is 194 g/mol. The van der Waals surface area contributed by atoms with Gasteiger partial charge in [-0.3, -0.25) is 4.79 Å². The van der Waals surface area contributed by atoms with E-state index >= 15 is 0 Å². The quantitative estimate of drug-likeness (QED) is 0.728. The molecule has 1 heterocycles. The van der Waals surface area contributed by atoms with Crippen molar-refractivity contribution >= 4 is 5.91 Å². The molecule has 1 radical (unpaired) electrons. The van der Waals surface area contributed by atoms with Crippen LogP contribution >= 0.6 is 0 Å². The third kappa shape index (κ3) is 3.01. The number of carbonyl (C=O) groups is 1. The molecule has 0 fully saturated rings.